The van der Waals surface area contributed by atoms with Gasteiger partial charge in [-0.3, -0.25) is 5.41 Å². The molecule has 0 bridgehead atoms. The maximum Gasteiger partial charge on any atom is 0.416 e. The summed E-state index contributed by atoms with van der Waals surface area (Å²) in [4.78, 5) is 1.63. The normalized spacial score (nSPS) is 13.9. The van der Waals surface area contributed by atoms with E-state index in [0.29, 0.717) is 16.9 Å². The van der Waals surface area contributed by atoms with Crippen molar-refractivity contribution in [2.75, 3.05) is 0 Å². The van der Waals surface area contributed by atoms with Crippen LogP contribution in [-0.2, 0) is 25.6 Å². The van der Waals surface area contributed by atoms with Crippen molar-refractivity contribution in [3.63, 3.8) is 0 Å². The molecule has 1 aliphatic rings. The topological polar surface area (TPSA) is 28.8 Å². The first-order valence-electron chi connectivity index (χ1n) is 6.37. The van der Waals surface area contributed by atoms with Crippen molar-refractivity contribution in [2.24, 2.45) is 0 Å². The molecule has 1 aromatic carbocycles. The zero-order valence-electron chi connectivity index (χ0n) is 11.0. The standard InChI is InChI=1S/C14H13F3N2S.BrH/c15-14(16,17)10-4-1-3-9(7-10)8-19-11-5-2-6-12(11)20-13(19)18;/h1,3-4,7,18H,2,5-6,8H2;1H. The number of benzene rings is 1. The number of aromatic nitrogens is 1. The van der Waals surface area contributed by atoms with E-state index in [2.05, 4.69) is 0 Å². The molecule has 0 atom stereocenters. The molecule has 0 saturated heterocycles. The average molecular weight is 379 g/mol. The van der Waals surface area contributed by atoms with Gasteiger partial charge < -0.3 is 4.57 Å². The van der Waals surface area contributed by atoms with E-state index in [0.717, 1.165) is 31.0 Å². The van der Waals surface area contributed by atoms with E-state index in [-0.39, 0.29) is 17.0 Å². The summed E-state index contributed by atoms with van der Waals surface area (Å²) in [5.74, 6) is 0. The van der Waals surface area contributed by atoms with Gasteiger partial charge in [0.1, 0.15) is 0 Å². The maximum absolute atomic E-state index is 12.7. The molecule has 0 radical (unpaired) electrons. The smallest absolute Gasteiger partial charge is 0.317 e. The van der Waals surface area contributed by atoms with E-state index in [4.69, 9.17) is 5.41 Å². The Labute approximate surface area is 134 Å². The van der Waals surface area contributed by atoms with Gasteiger partial charge in [-0.1, -0.05) is 12.1 Å². The Hall–Kier alpha value is -1.08. The van der Waals surface area contributed by atoms with Gasteiger partial charge in [-0.25, -0.2) is 0 Å². The van der Waals surface area contributed by atoms with Crippen LogP contribution in [-0.4, -0.2) is 4.57 Å². The number of halogens is 4. The van der Waals surface area contributed by atoms with Gasteiger partial charge in [-0.15, -0.1) is 28.3 Å². The van der Waals surface area contributed by atoms with Gasteiger partial charge in [-0.2, -0.15) is 13.2 Å². The summed E-state index contributed by atoms with van der Waals surface area (Å²) < 4.78 is 39.9. The van der Waals surface area contributed by atoms with Crippen molar-refractivity contribution >= 4 is 28.3 Å². The minimum absolute atomic E-state index is 0. The number of thiazole rings is 1. The number of fused-ring (bicyclic) bond motifs is 1. The van der Waals surface area contributed by atoms with Gasteiger partial charge in [0.05, 0.1) is 12.1 Å². The van der Waals surface area contributed by atoms with E-state index in [9.17, 15) is 13.2 Å². The molecule has 1 aliphatic carbocycles. The van der Waals surface area contributed by atoms with E-state index in [1.807, 2.05) is 4.57 Å². The predicted molar refractivity (Wildman–Crippen MR) is 81.1 cm³/mol. The molecule has 0 amide bonds. The van der Waals surface area contributed by atoms with Crippen LogP contribution in [0.3, 0.4) is 0 Å². The third-order valence-electron chi connectivity index (χ3n) is 3.53. The quantitative estimate of drug-likeness (QED) is 0.812. The molecule has 0 unspecified atom stereocenters. The second-order valence-corrected chi connectivity index (χ2v) is 6.00. The Bertz CT molecular complexity index is 703. The molecular weight excluding hydrogens is 365 g/mol. The highest BCUT2D eigenvalue weighted by Gasteiger charge is 2.30. The molecule has 0 aliphatic heterocycles. The summed E-state index contributed by atoms with van der Waals surface area (Å²) in [6, 6.07) is 5.36. The number of alkyl halides is 3. The second kappa shape index (κ2) is 5.96. The molecule has 2 nitrogen and oxygen atoms in total. The number of nitrogens with one attached hydrogen (secondary N) is 1. The molecule has 21 heavy (non-hydrogen) atoms. The third kappa shape index (κ3) is 3.23. The highest BCUT2D eigenvalue weighted by Crippen LogP contribution is 2.30. The summed E-state index contributed by atoms with van der Waals surface area (Å²) in [5, 5.41) is 7.95. The summed E-state index contributed by atoms with van der Waals surface area (Å²) in [6.45, 7) is 0.342. The van der Waals surface area contributed by atoms with Crippen LogP contribution in [0.15, 0.2) is 24.3 Å². The Balaban J connectivity index is 0.00000161. The van der Waals surface area contributed by atoms with Crippen LogP contribution in [0.2, 0.25) is 0 Å². The molecule has 2 aromatic rings. The maximum atomic E-state index is 12.7. The van der Waals surface area contributed by atoms with Gasteiger partial charge in [0.2, 0.25) is 0 Å². The van der Waals surface area contributed by atoms with Crippen LogP contribution in [0, 0.1) is 5.41 Å². The SMILES string of the molecule is Br.N=c1sc2c(n1Cc1cccc(C(F)(F)F)c1)CCC2. The van der Waals surface area contributed by atoms with Crippen LogP contribution in [0.25, 0.3) is 0 Å². The molecule has 1 aromatic heterocycles. The lowest BCUT2D eigenvalue weighted by Gasteiger charge is -2.10. The number of hydrogen-bond donors (Lipinski definition) is 1. The molecule has 1 heterocycles. The first-order valence-corrected chi connectivity index (χ1v) is 7.19. The van der Waals surface area contributed by atoms with E-state index >= 15 is 0 Å². The van der Waals surface area contributed by atoms with E-state index < -0.39 is 11.7 Å². The summed E-state index contributed by atoms with van der Waals surface area (Å²) in [7, 11) is 0. The Kier molecular flexibility index (Phi) is 4.63. The minimum atomic E-state index is -4.32. The van der Waals surface area contributed by atoms with Gasteiger partial charge in [0, 0.05) is 10.6 Å². The molecule has 3 rings (SSSR count). The summed E-state index contributed by atoms with van der Waals surface area (Å²) in [5.41, 5.74) is 1.08. The fourth-order valence-corrected chi connectivity index (χ4v) is 3.68. The van der Waals surface area contributed by atoms with Crippen molar-refractivity contribution in [1.82, 2.24) is 4.57 Å². The first-order chi connectivity index (χ1) is 9.45. The van der Waals surface area contributed by atoms with E-state index in [1.165, 1.54) is 28.3 Å². The Morgan fingerprint density at radius 3 is 2.71 bits per heavy atom. The van der Waals surface area contributed by atoms with Gasteiger partial charge in [0.25, 0.3) is 0 Å². The third-order valence-corrected chi connectivity index (χ3v) is 4.63. The van der Waals surface area contributed by atoms with Crippen molar-refractivity contribution in [2.45, 2.75) is 32.0 Å². The highest BCUT2D eigenvalue weighted by atomic mass is 79.9. The zero-order chi connectivity index (χ0) is 14.3. The fraction of sp³-hybridized carbons (Fsp3) is 0.357. The van der Waals surface area contributed by atoms with Crippen molar-refractivity contribution in [3.05, 3.63) is 50.8 Å². The number of rotatable bonds is 2. The van der Waals surface area contributed by atoms with Crippen LogP contribution < -0.4 is 4.80 Å². The minimum Gasteiger partial charge on any atom is -0.317 e. The van der Waals surface area contributed by atoms with Gasteiger partial charge >= 0.3 is 6.18 Å². The molecule has 0 spiro atoms. The number of hydrogen-bond acceptors (Lipinski definition) is 2. The van der Waals surface area contributed by atoms with Crippen LogP contribution in [0.5, 0.6) is 0 Å². The molecule has 7 heteroatoms. The lowest BCUT2D eigenvalue weighted by atomic mass is 10.1. The molecule has 114 valence electrons. The lowest BCUT2D eigenvalue weighted by Crippen LogP contribution is -2.17. The molecular formula is C14H14BrF3N2S. The molecule has 0 saturated carbocycles. The van der Waals surface area contributed by atoms with Gasteiger partial charge in [0.15, 0.2) is 4.80 Å². The zero-order valence-corrected chi connectivity index (χ0v) is 13.6. The predicted octanol–water partition coefficient (Wildman–Crippen LogP) is 4.16. The number of nitrogens with zero attached hydrogens (tertiary/aromatic N) is 1. The van der Waals surface area contributed by atoms with Crippen molar-refractivity contribution in [3.8, 4) is 0 Å². The van der Waals surface area contributed by atoms with Gasteiger partial charge in [-0.05, 0) is 37.0 Å². The van der Waals surface area contributed by atoms with Crippen LogP contribution in [0.4, 0.5) is 13.2 Å². The van der Waals surface area contributed by atoms with E-state index in [1.54, 1.807) is 6.07 Å². The first kappa shape index (κ1) is 16.3. The fourth-order valence-electron chi connectivity index (χ4n) is 2.59. The van der Waals surface area contributed by atoms with Crippen LogP contribution >= 0.6 is 28.3 Å². The average Bonchev–Trinajstić information content (AvgIpc) is 2.92. The number of aryl methyl sites for hydroxylation is 1. The van der Waals surface area contributed by atoms with Crippen molar-refractivity contribution < 1.29 is 13.2 Å². The molecule has 1 N–H and O–H groups in total. The monoisotopic (exact) mass is 378 g/mol. The van der Waals surface area contributed by atoms with Crippen molar-refractivity contribution in [1.29, 1.82) is 5.41 Å². The second-order valence-electron chi connectivity index (χ2n) is 4.91. The summed E-state index contributed by atoms with van der Waals surface area (Å²) in [6.07, 6.45) is -1.34. The Morgan fingerprint density at radius 1 is 1.24 bits per heavy atom. The highest BCUT2D eigenvalue weighted by molar-refractivity contribution is 8.93. The van der Waals surface area contributed by atoms with Crippen LogP contribution in [0.1, 0.15) is 28.1 Å². The largest absolute Gasteiger partial charge is 0.416 e. The Morgan fingerprint density at radius 2 is 2.00 bits per heavy atom. The molecule has 0 fully saturated rings. The summed E-state index contributed by atoms with van der Waals surface area (Å²) >= 11 is 1.44. The lowest BCUT2D eigenvalue weighted by molar-refractivity contribution is -0.137.